The molecule has 4 heteroatoms. The van der Waals surface area contributed by atoms with Gasteiger partial charge < -0.3 is 4.74 Å². The molecule has 0 N–H and O–H groups in total. The van der Waals surface area contributed by atoms with Gasteiger partial charge in [0.2, 0.25) is 0 Å². The number of hydrogen-bond acceptors (Lipinski definition) is 3. The van der Waals surface area contributed by atoms with E-state index >= 15 is 0 Å². The van der Waals surface area contributed by atoms with Crippen molar-refractivity contribution in [3.05, 3.63) is 0 Å². The number of methoxy groups -OCH3 is 1. The van der Waals surface area contributed by atoms with E-state index < -0.39 is 23.8 Å². The summed E-state index contributed by atoms with van der Waals surface area (Å²) in [7, 11) is 1.04. The van der Waals surface area contributed by atoms with Crippen molar-refractivity contribution in [2.24, 2.45) is 5.92 Å². The number of esters is 1. The van der Waals surface area contributed by atoms with Crippen molar-refractivity contribution in [2.45, 2.75) is 20.0 Å². The van der Waals surface area contributed by atoms with Crippen LogP contribution >= 0.6 is 0 Å². The Balaban J connectivity index is 4.13. The first-order chi connectivity index (χ1) is 5.00. The minimum absolute atomic E-state index is 0.482. The van der Waals surface area contributed by atoms with Crippen LogP contribution in [0, 0.1) is 5.92 Å². The highest BCUT2D eigenvalue weighted by Crippen LogP contribution is 2.04. The van der Waals surface area contributed by atoms with Crippen LogP contribution in [-0.4, -0.2) is 25.0 Å². The Hall–Kier alpha value is -0.930. The minimum Gasteiger partial charge on any atom is -0.467 e. The first kappa shape index (κ1) is 10.1. The van der Waals surface area contributed by atoms with Crippen LogP contribution in [-0.2, 0) is 14.3 Å². The van der Waals surface area contributed by atoms with Gasteiger partial charge in [-0.2, -0.15) is 0 Å². The van der Waals surface area contributed by atoms with E-state index in [9.17, 15) is 14.0 Å². The van der Waals surface area contributed by atoms with Crippen molar-refractivity contribution in [3.63, 3.8) is 0 Å². The second-order valence-electron chi connectivity index (χ2n) is 2.44. The van der Waals surface area contributed by atoms with Crippen LogP contribution in [0.4, 0.5) is 4.39 Å². The number of ether oxygens (including phenoxy) is 1. The molecule has 3 nitrogen and oxygen atoms in total. The van der Waals surface area contributed by atoms with Gasteiger partial charge in [-0.15, -0.1) is 0 Å². The highest BCUT2D eigenvalue weighted by Gasteiger charge is 2.28. The van der Waals surface area contributed by atoms with Crippen LogP contribution in [0.1, 0.15) is 13.8 Å². The summed E-state index contributed by atoms with van der Waals surface area (Å²) in [4.78, 5) is 21.2. The maximum Gasteiger partial charge on any atom is 0.348 e. The maximum absolute atomic E-state index is 12.6. The molecule has 0 unspecified atom stereocenters. The Bertz CT molecular complexity index is 165. The van der Waals surface area contributed by atoms with Crippen molar-refractivity contribution in [1.82, 2.24) is 0 Å². The predicted octanol–water partition coefficient (Wildman–Crippen LogP) is 0.723. The summed E-state index contributed by atoms with van der Waals surface area (Å²) in [6, 6.07) is 0. The first-order valence-corrected chi connectivity index (χ1v) is 3.26. The van der Waals surface area contributed by atoms with Gasteiger partial charge in [-0.1, -0.05) is 13.8 Å². The van der Waals surface area contributed by atoms with Crippen LogP contribution in [0.3, 0.4) is 0 Å². The second-order valence-corrected chi connectivity index (χ2v) is 2.44. The van der Waals surface area contributed by atoms with Crippen LogP contribution < -0.4 is 0 Å². The number of carbonyl (C=O) groups is 2. The second kappa shape index (κ2) is 4.05. The van der Waals surface area contributed by atoms with Crippen molar-refractivity contribution < 1.29 is 18.7 Å². The summed E-state index contributed by atoms with van der Waals surface area (Å²) in [5.74, 6) is -2.34. The molecule has 0 amide bonds. The smallest absolute Gasteiger partial charge is 0.348 e. The molecule has 0 fully saturated rings. The average Bonchev–Trinajstić information content (AvgIpc) is 2.00. The lowest BCUT2D eigenvalue weighted by atomic mass is 10.1. The summed E-state index contributed by atoms with van der Waals surface area (Å²) in [5, 5.41) is 0. The molecule has 0 radical (unpaired) electrons. The molecular formula is C7H11FO3. The monoisotopic (exact) mass is 162 g/mol. The Labute approximate surface area is 64.5 Å². The molecule has 0 aliphatic rings. The molecule has 0 aromatic rings. The molecule has 1 atom stereocenters. The minimum atomic E-state index is -2.12. The Kier molecular flexibility index (Phi) is 3.71. The molecule has 0 aromatic carbocycles. The van der Waals surface area contributed by atoms with E-state index in [1.165, 1.54) is 13.8 Å². The van der Waals surface area contributed by atoms with Crippen LogP contribution in [0.15, 0.2) is 0 Å². The van der Waals surface area contributed by atoms with Gasteiger partial charge in [-0.25, -0.2) is 9.18 Å². The third-order valence-corrected chi connectivity index (χ3v) is 1.23. The van der Waals surface area contributed by atoms with Crippen LogP contribution in [0.5, 0.6) is 0 Å². The third-order valence-electron chi connectivity index (χ3n) is 1.23. The van der Waals surface area contributed by atoms with E-state index in [1.807, 2.05) is 0 Å². The molecule has 0 saturated heterocycles. The fraction of sp³-hybridized carbons (Fsp3) is 0.714. The molecule has 11 heavy (non-hydrogen) atoms. The van der Waals surface area contributed by atoms with Gasteiger partial charge in [0.15, 0.2) is 5.78 Å². The zero-order valence-corrected chi connectivity index (χ0v) is 6.76. The molecule has 0 heterocycles. The molecule has 0 aliphatic carbocycles. The summed E-state index contributed by atoms with van der Waals surface area (Å²) in [5.41, 5.74) is 0. The molecule has 0 bridgehead atoms. The number of alkyl halides is 1. The topological polar surface area (TPSA) is 43.4 Å². The maximum atomic E-state index is 12.6. The number of carbonyl (C=O) groups excluding carboxylic acids is 2. The fourth-order valence-corrected chi connectivity index (χ4v) is 0.512. The standard InChI is InChI=1S/C7H11FO3/c1-4(2)6(9)5(8)7(10)11-3/h4-5H,1-3H3/t5-/m0/s1. The number of hydrogen-bond donors (Lipinski definition) is 0. The molecule has 0 spiro atoms. The van der Waals surface area contributed by atoms with E-state index in [4.69, 9.17) is 0 Å². The van der Waals surface area contributed by atoms with E-state index in [2.05, 4.69) is 4.74 Å². The molecule has 0 saturated carbocycles. The Morgan fingerprint density at radius 2 is 1.82 bits per heavy atom. The molecule has 0 aromatic heterocycles. The fourth-order valence-electron chi connectivity index (χ4n) is 0.512. The van der Waals surface area contributed by atoms with E-state index in [0.717, 1.165) is 7.11 Å². The summed E-state index contributed by atoms with van der Waals surface area (Å²) in [6.07, 6.45) is -2.12. The highest BCUT2D eigenvalue weighted by molar-refractivity contribution is 6.02. The number of halogens is 1. The lowest BCUT2D eigenvalue weighted by molar-refractivity contribution is -0.151. The molecule has 0 rings (SSSR count). The Morgan fingerprint density at radius 3 is 2.09 bits per heavy atom. The lowest BCUT2D eigenvalue weighted by Gasteiger charge is -2.06. The number of ketones is 1. The SMILES string of the molecule is COC(=O)[C@@H](F)C(=O)C(C)C. The van der Waals surface area contributed by atoms with E-state index in [0.29, 0.717) is 0 Å². The summed E-state index contributed by atoms with van der Waals surface area (Å²) in [6.45, 7) is 3.05. The average molecular weight is 162 g/mol. The third kappa shape index (κ3) is 2.65. The van der Waals surface area contributed by atoms with Crippen molar-refractivity contribution in [3.8, 4) is 0 Å². The number of Topliss-reactive ketones (excluding diaryl/α,β-unsaturated/α-hetero) is 1. The largest absolute Gasteiger partial charge is 0.467 e. The number of rotatable bonds is 3. The van der Waals surface area contributed by atoms with Crippen LogP contribution in [0.2, 0.25) is 0 Å². The first-order valence-electron chi connectivity index (χ1n) is 3.26. The van der Waals surface area contributed by atoms with Crippen molar-refractivity contribution in [1.29, 1.82) is 0 Å². The van der Waals surface area contributed by atoms with Crippen molar-refractivity contribution >= 4 is 11.8 Å². The molecule has 0 aliphatic heterocycles. The van der Waals surface area contributed by atoms with Gasteiger partial charge in [-0.05, 0) is 0 Å². The normalized spacial score (nSPS) is 12.8. The van der Waals surface area contributed by atoms with Crippen molar-refractivity contribution in [2.75, 3.05) is 7.11 Å². The van der Waals surface area contributed by atoms with Crippen LogP contribution in [0.25, 0.3) is 0 Å². The molecule has 64 valence electrons. The highest BCUT2D eigenvalue weighted by atomic mass is 19.1. The van der Waals surface area contributed by atoms with Gasteiger partial charge in [0.05, 0.1) is 7.11 Å². The van der Waals surface area contributed by atoms with E-state index in [-0.39, 0.29) is 0 Å². The van der Waals surface area contributed by atoms with Gasteiger partial charge in [0.1, 0.15) is 0 Å². The van der Waals surface area contributed by atoms with E-state index in [1.54, 1.807) is 0 Å². The zero-order chi connectivity index (χ0) is 9.02. The molecular weight excluding hydrogens is 151 g/mol. The predicted molar refractivity (Wildman–Crippen MR) is 36.8 cm³/mol. The van der Waals surface area contributed by atoms with Gasteiger partial charge >= 0.3 is 5.97 Å². The van der Waals surface area contributed by atoms with Gasteiger partial charge in [-0.3, -0.25) is 4.79 Å². The van der Waals surface area contributed by atoms with Gasteiger partial charge in [0, 0.05) is 5.92 Å². The lowest BCUT2D eigenvalue weighted by Crippen LogP contribution is -2.30. The quantitative estimate of drug-likeness (QED) is 0.453. The summed E-state index contributed by atoms with van der Waals surface area (Å²) < 4.78 is 16.7. The van der Waals surface area contributed by atoms with Gasteiger partial charge in [0.25, 0.3) is 6.17 Å². The summed E-state index contributed by atoms with van der Waals surface area (Å²) >= 11 is 0. The Morgan fingerprint density at radius 1 is 1.36 bits per heavy atom. The zero-order valence-electron chi connectivity index (χ0n) is 6.76.